The van der Waals surface area contributed by atoms with E-state index < -0.39 is 11.7 Å². The summed E-state index contributed by atoms with van der Waals surface area (Å²) in [7, 11) is 0. The monoisotopic (exact) mass is 732 g/mol. The lowest BCUT2D eigenvalue weighted by Gasteiger charge is -2.13. The zero-order valence-corrected chi connectivity index (χ0v) is 29.4. The number of benzene rings is 7. The fourth-order valence-electron chi connectivity index (χ4n) is 7.76. The molecule has 0 atom stereocenters. The molecule has 10 rings (SSSR count). The van der Waals surface area contributed by atoms with Gasteiger partial charge < -0.3 is 9.13 Å². The summed E-state index contributed by atoms with van der Waals surface area (Å²) < 4.78 is 46.1. The molecule has 56 heavy (non-hydrogen) atoms. The second-order valence-electron chi connectivity index (χ2n) is 13.5. The normalized spacial score (nSPS) is 11.8. The van der Waals surface area contributed by atoms with E-state index in [1.165, 1.54) is 12.1 Å². The van der Waals surface area contributed by atoms with Crippen molar-refractivity contribution in [1.29, 1.82) is 5.26 Å². The van der Waals surface area contributed by atoms with Crippen LogP contribution >= 0.6 is 0 Å². The number of fused-ring (bicyclic) bond motifs is 7. The molecule has 3 heterocycles. The Morgan fingerprint density at radius 1 is 0.482 bits per heavy atom. The summed E-state index contributed by atoms with van der Waals surface area (Å²) in [5.41, 5.74) is 6.25. The van der Waals surface area contributed by atoms with Crippen LogP contribution < -0.4 is 0 Å². The molecule has 0 radical (unpaired) electrons. The first-order valence-corrected chi connectivity index (χ1v) is 17.9. The summed E-state index contributed by atoms with van der Waals surface area (Å²) in [6.07, 6.45) is -4.51. The number of nitrogens with zero attached hydrogens (tertiary/aromatic N) is 6. The number of hydrogen-bond donors (Lipinski definition) is 0. The molecule has 6 nitrogen and oxygen atoms in total. The first kappa shape index (κ1) is 33.0. The topological polar surface area (TPSA) is 72.3 Å². The van der Waals surface area contributed by atoms with Crippen LogP contribution in [0.1, 0.15) is 11.1 Å². The Labute approximate surface area is 318 Å². The molecule has 0 spiro atoms. The van der Waals surface area contributed by atoms with Gasteiger partial charge in [0.05, 0.1) is 38.9 Å². The molecule has 0 saturated carbocycles. The van der Waals surface area contributed by atoms with Gasteiger partial charge in [-0.2, -0.15) is 18.4 Å². The molecule has 7 aromatic carbocycles. The van der Waals surface area contributed by atoms with Gasteiger partial charge in [0.1, 0.15) is 6.07 Å². The van der Waals surface area contributed by atoms with Crippen LogP contribution in [0.2, 0.25) is 0 Å². The largest absolute Gasteiger partial charge is 0.416 e. The van der Waals surface area contributed by atoms with Crippen LogP contribution in [0.4, 0.5) is 13.2 Å². The van der Waals surface area contributed by atoms with E-state index in [0.717, 1.165) is 60.8 Å². The van der Waals surface area contributed by atoms with E-state index >= 15 is 0 Å². The zero-order valence-electron chi connectivity index (χ0n) is 29.4. The summed E-state index contributed by atoms with van der Waals surface area (Å²) in [6, 6.07) is 52.6. The summed E-state index contributed by atoms with van der Waals surface area (Å²) in [4.78, 5) is 14.5. The van der Waals surface area contributed by atoms with Gasteiger partial charge in [0.25, 0.3) is 0 Å². The minimum atomic E-state index is -4.51. The smallest absolute Gasteiger partial charge is 0.309 e. The van der Waals surface area contributed by atoms with Crippen LogP contribution in [-0.4, -0.2) is 24.1 Å². The number of alkyl halides is 3. The third kappa shape index (κ3) is 5.30. The van der Waals surface area contributed by atoms with Gasteiger partial charge in [-0.3, -0.25) is 0 Å². The third-order valence-electron chi connectivity index (χ3n) is 10.2. The second-order valence-corrected chi connectivity index (χ2v) is 13.5. The van der Waals surface area contributed by atoms with E-state index in [2.05, 4.69) is 10.6 Å². The van der Waals surface area contributed by atoms with Crippen molar-refractivity contribution < 1.29 is 13.2 Å². The van der Waals surface area contributed by atoms with Crippen LogP contribution in [0.3, 0.4) is 0 Å². The Kier molecular flexibility index (Phi) is 7.54. The third-order valence-corrected chi connectivity index (χ3v) is 10.2. The predicted octanol–water partition coefficient (Wildman–Crippen LogP) is 12.0. The molecular weight excluding hydrogens is 706 g/mol. The van der Waals surface area contributed by atoms with Crippen molar-refractivity contribution in [2.24, 2.45) is 0 Å². The van der Waals surface area contributed by atoms with Crippen LogP contribution in [0.15, 0.2) is 164 Å². The van der Waals surface area contributed by atoms with Crippen LogP contribution in [0.25, 0.3) is 89.2 Å². The Morgan fingerprint density at radius 2 is 1.07 bits per heavy atom. The van der Waals surface area contributed by atoms with Gasteiger partial charge in [0, 0.05) is 43.9 Å². The number of para-hydroxylation sites is 2. The number of hydrogen-bond acceptors (Lipinski definition) is 4. The number of halogens is 3. The molecule has 9 heteroatoms. The molecule has 0 N–H and O–H groups in total. The number of rotatable bonds is 5. The fraction of sp³-hybridized carbons (Fsp3) is 0.0213. The van der Waals surface area contributed by atoms with Crippen molar-refractivity contribution in [3.8, 4) is 51.6 Å². The molecule has 0 saturated heterocycles. The number of nitriles is 1. The standard InChI is InChI=1S/C47H27F3N6/c48-47(49,50)33-16-11-17-34(27-33)55-39-20-9-7-18-35(39)36-23-25-41-42(43(36)55)37-19-8-10-21-40(37)56(41)38-24-22-31(26-32(38)28-51)46-53-44(29-12-3-1-4-13-29)52-45(54-46)30-14-5-2-6-15-30/h1-27H. The van der Waals surface area contributed by atoms with Gasteiger partial charge in [0.15, 0.2) is 17.5 Å². The van der Waals surface area contributed by atoms with E-state index in [4.69, 9.17) is 15.0 Å². The molecule has 10 aromatic rings. The average molecular weight is 733 g/mol. The van der Waals surface area contributed by atoms with Crippen molar-refractivity contribution in [2.45, 2.75) is 6.18 Å². The SMILES string of the molecule is N#Cc1cc(-c2nc(-c3ccccc3)nc(-c3ccccc3)n2)ccc1-n1c2ccccc2c2c1ccc1c3ccccc3n(-c3cccc(C(F)(F)F)c3)c12. The Hall–Kier alpha value is -7.57. The molecular formula is C47H27F3N6. The van der Waals surface area contributed by atoms with Crippen molar-refractivity contribution in [2.75, 3.05) is 0 Å². The molecule has 0 unspecified atom stereocenters. The molecule has 0 bridgehead atoms. The highest BCUT2D eigenvalue weighted by Gasteiger charge is 2.31. The summed E-state index contributed by atoms with van der Waals surface area (Å²) in [6.45, 7) is 0. The lowest BCUT2D eigenvalue weighted by atomic mass is 10.1. The van der Waals surface area contributed by atoms with E-state index in [1.54, 1.807) is 12.1 Å². The maximum Gasteiger partial charge on any atom is 0.416 e. The summed E-state index contributed by atoms with van der Waals surface area (Å²) in [5.74, 6) is 1.45. The van der Waals surface area contributed by atoms with Crippen LogP contribution in [-0.2, 0) is 6.18 Å². The van der Waals surface area contributed by atoms with E-state index in [1.807, 2.05) is 138 Å². The lowest BCUT2D eigenvalue weighted by molar-refractivity contribution is -0.137. The van der Waals surface area contributed by atoms with Crippen molar-refractivity contribution in [3.63, 3.8) is 0 Å². The van der Waals surface area contributed by atoms with Gasteiger partial charge in [0.2, 0.25) is 0 Å². The summed E-state index contributed by atoms with van der Waals surface area (Å²) >= 11 is 0. The highest BCUT2D eigenvalue weighted by atomic mass is 19.4. The minimum Gasteiger partial charge on any atom is -0.309 e. The van der Waals surface area contributed by atoms with Gasteiger partial charge in [-0.25, -0.2) is 15.0 Å². The molecule has 3 aromatic heterocycles. The van der Waals surface area contributed by atoms with Gasteiger partial charge in [-0.05, 0) is 54.6 Å². The van der Waals surface area contributed by atoms with Gasteiger partial charge in [-0.1, -0.05) is 109 Å². The van der Waals surface area contributed by atoms with Gasteiger partial charge >= 0.3 is 6.18 Å². The first-order chi connectivity index (χ1) is 27.4. The Morgan fingerprint density at radius 3 is 1.71 bits per heavy atom. The summed E-state index contributed by atoms with van der Waals surface area (Å²) in [5, 5.41) is 14.3. The molecule has 266 valence electrons. The number of aromatic nitrogens is 5. The molecule has 0 aliphatic carbocycles. The molecule has 0 aliphatic heterocycles. The average Bonchev–Trinajstić information content (AvgIpc) is 3.76. The van der Waals surface area contributed by atoms with Crippen molar-refractivity contribution >= 4 is 43.6 Å². The van der Waals surface area contributed by atoms with Crippen molar-refractivity contribution in [1.82, 2.24) is 24.1 Å². The quantitative estimate of drug-likeness (QED) is 0.177. The van der Waals surface area contributed by atoms with Gasteiger partial charge in [-0.15, -0.1) is 0 Å². The van der Waals surface area contributed by atoms with E-state index in [-0.39, 0.29) is 0 Å². The Bertz CT molecular complexity index is 3140. The fourth-order valence-corrected chi connectivity index (χ4v) is 7.76. The van der Waals surface area contributed by atoms with E-state index in [0.29, 0.717) is 40.0 Å². The Balaban J connectivity index is 1.22. The molecule has 0 fully saturated rings. The predicted molar refractivity (Wildman–Crippen MR) is 215 cm³/mol. The minimum absolute atomic E-state index is 0.395. The molecule has 0 aliphatic rings. The second kappa shape index (κ2) is 12.8. The highest BCUT2D eigenvalue weighted by Crippen LogP contribution is 2.43. The maximum absolute atomic E-state index is 14.0. The van der Waals surface area contributed by atoms with E-state index in [9.17, 15) is 18.4 Å². The van der Waals surface area contributed by atoms with Crippen LogP contribution in [0.5, 0.6) is 0 Å². The highest BCUT2D eigenvalue weighted by molar-refractivity contribution is 6.26. The first-order valence-electron chi connectivity index (χ1n) is 17.9. The molecule has 0 amide bonds. The zero-order chi connectivity index (χ0) is 38.0. The lowest BCUT2D eigenvalue weighted by Crippen LogP contribution is -2.06. The maximum atomic E-state index is 14.0. The van der Waals surface area contributed by atoms with Crippen molar-refractivity contribution in [3.05, 3.63) is 175 Å². The van der Waals surface area contributed by atoms with Crippen LogP contribution in [0, 0.1) is 11.3 Å².